The van der Waals surface area contributed by atoms with Gasteiger partial charge >= 0.3 is 0 Å². The van der Waals surface area contributed by atoms with E-state index in [1.54, 1.807) is 64.4 Å². The summed E-state index contributed by atoms with van der Waals surface area (Å²) in [5.41, 5.74) is 3.88. The molecule has 0 saturated carbocycles. The Bertz CT molecular complexity index is 1920. The van der Waals surface area contributed by atoms with Gasteiger partial charge in [-0.25, -0.2) is 5.01 Å². The summed E-state index contributed by atoms with van der Waals surface area (Å²) in [5.74, 6) is 0.480. The van der Waals surface area contributed by atoms with Crippen molar-refractivity contribution in [2.75, 3.05) is 12.9 Å². The zero-order chi connectivity index (χ0) is 32.9. The van der Waals surface area contributed by atoms with Crippen LogP contribution >= 0.6 is 23.1 Å². The Morgan fingerprint density at radius 1 is 1.04 bits per heavy atom. The minimum absolute atomic E-state index is 0.00685. The topological polar surface area (TPSA) is 145 Å². The highest BCUT2D eigenvalue weighted by atomic mass is 32.2. The number of thiophene rings is 1. The Morgan fingerprint density at radius 2 is 1.79 bits per heavy atom. The van der Waals surface area contributed by atoms with E-state index in [0.717, 1.165) is 21.7 Å². The molecule has 0 radical (unpaired) electrons. The highest BCUT2D eigenvalue weighted by molar-refractivity contribution is 7.99. The second-order valence-electron chi connectivity index (χ2n) is 10.6. The van der Waals surface area contributed by atoms with E-state index in [2.05, 4.69) is 15.5 Å². The zero-order valence-electron chi connectivity index (χ0n) is 25.4. The molecule has 5 aromatic rings. The third-order valence-corrected chi connectivity index (χ3v) is 9.37. The molecule has 12 nitrogen and oxygen atoms in total. The van der Waals surface area contributed by atoms with E-state index in [9.17, 15) is 19.7 Å². The Labute approximate surface area is 278 Å². The summed E-state index contributed by atoms with van der Waals surface area (Å²) in [5, 5.41) is 31.5. The predicted octanol–water partition coefficient (Wildman–Crippen LogP) is 5.95. The maximum absolute atomic E-state index is 13.8. The van der Waals surface area contributed by atoms with Gasteiger partial charge in [-0.1, -0.05) is 47.7 Å². The molecule has 2 aromatic heterocycles. The highest BCUT2D eigenvalue weighted by Gasteiger charge is 2.33. The number of ether oxygens (including phenoxy) is 1. The third-order valence-electron chi connectivity index (χ3n) is 7.54. The van der Waals surface area contributed by atoms with E-state index < -0.39 is 4.92 Å². The van der Waals surface area contributed by atoms with Crippen LogP contribution in [0.25, 0.3) is 5.69 Å². The van der Waals surface area contributed by atoms with Crippen LogP contribution in [0.1, 0.15) is 44.6 Å². The lowest BCUT2D eigenvalue weighted by Crippen LogP contribution is -2.28. The van der Waals surface area contributed by atoms with E-state index >= 15 is 0 Å². The largest absolute Gasteiger partial charge is 0.497 e. The van der Waals surface area contributed by atoms with Gasteiger partial charge in [0.05, 0.1) is 41.0 Å². The average Bonchev–Trinajstić information content (AvgIpc) is 3.87. The molecule has 3 heterocycles. The lowest BCUT2D eigenvalue weighted by Gasteiger charge is -2.22. The molecule has 0 fully saturated rings. The average molecular weight is 668 g/mol. The van der Waals surface area contributed by atoms with Gasteiger partial charge in [-0.3, -0.25) is 24.3 Å². The number of thioether (sulfide) groups is 1. The van der Waals surface area contributed by atoms with E-state index in [-0.39, 0.29) is 35.8 Å². The summed E-state index contributed by atoms with van der Waals surface area (Å²) in [6.07, 6.45) is 0.594. The van der Waals surface area contributed by atoms with Gasteiger partial charge in [-0.15, -0.1) is 21.5 Å². The molecular weight excluding hydrogens is 639 g/mol. The first kappa shape index (κ1) is 31.6. The van der Waals surface area contributed by atoms with Crippen molar-refractivity contribution in [1.82, 2.24) is 25.1 Å². The molecule has 3 aromatic carbocycles. The maximum atomic E-state index is 13.8. The summed E-state index contributed by atoms with van der Waals surface area (Å²) in [6, 6.07) is 24.4. The number of amides is 2. The summed E-state index contributed by atoms with van der Waals surface area (Å²) in [4.78, 5) is 38.5. The van der Waals surface area contributed by atoms with Crippen molar-refractivity contribution in [1.29, 1.82) is 0 Å². The molecule has 6 rings (SSSR count). The van der Waals surface area contributed by atoms with Crippen LogP contribution in [0, 0.1) is 17.0 Å². The van der Waals surface area contributed by atoms with Crippen LogP contribution < -0.4 is 10.1 Å². The molecule has 1 aliphatic rings. The number of aryl methyl sites for hydroxylation is 1. The van der Waals surface area contributed by atoms with E-state index in [0.29, 0.717) is 34.4 Å². The number of rotatable bonds is 11. The van der Waals surface area contributed by atoms with Crippen molar-refractivity contribution >= 4 is 46.3 Å². The first-order chi connectivity index (χ1) is 22.8. The number of nitro groups is 1. The SMILES string of the molecule is COc1ccc(C(=O)NCc2nnc(SCC(=O)N3N=C(c4cccs4)CC3c3ccc(C)cc3)n2-c2ccc([N+](=O)[O-])cc2)cc1. The molecular formula is C33H29N7O5S2. The minimum atomic E-state index is -0.480. The molecule has 14 heteroatoms. The highest BCUT2D eigenvalue weighted by Crippen LogP contribution is 2.35. The normalized spacial score (nSPS) is 14.1. The Hall–Kier alpha value is -5.34. The van der Waals surface area contributed by atoms with Crippen molar-refractivity contribution < 1.29 is 19.2 Å². The van der Waals surface area contributed by atoms with Crippen LogP contribution in [0.5, 0.6) is 5.75 Å². The number of hydrogen-bond donors (Lipinski definition) is 1. The number of nitrogens with one attached hydrogen (secondary N) is 1. The molecule has 0 aliphatic carbocycles. The van der Waals surface area contributed by atoms with Crippen LogP contribution in [0.2, 0.25) is 0 Å². The second-order valence-corrected chi connectivity index (χ2v) is 12.5. The number of benzene rings is 3. The quantitative estimate of drug-likeness (QED) is 0.103. The van der Waals surface area contributed by atoms with Crippen LogP contribution in [0.3, 0.4) is 0 Å². The molecule has 0 bridgehead atoms. The van der Waals surface area contributed by atoms with Crippen LogP contribution in [-0.4, -0.2) is 55.1 Å². The van der Waals surface area contributed by atoms with Gasteiger partial charge in [0.25, 0.3) is 17.5 Å². The fourth-order valence-electron chi connectivity index (χ4n) is 5.07. The minimum Gasteiger partial charge on any atom is -0.497 e. The smallest absolute Gasteiger partial charge is 0.269 e. The summed E-state index contributed by atoms with van der Waals surface area (Å²) >= 11 is 2.75. The first-order valence-electron chi connectivity index (χ1n) is 14.5. The lowest BCUT2D eigenvalue weighted by atomic mass is 10.00. The van der Waals surface area contributed by atoms with Gasteiger partial charge in [0.2, 0.25) is 0 Å². The number of aromatic nitrogens is 3. The molecule has 1 aliphatic heterocycles. The Morgan fingerprint density at radius 3 is 2.45 bits per heavy atom. The molecule has 238 valence electrons. The van der Waals surface area contributed by atoms with E-state index in [1.807, 2.05) is 48.7 Å². The van der Waals surface area contributed by atoms with Crippen molar-refractivity contribution in [3.63, 3.8) is 0 Å². The van der Waals surface area contributed by atoms with Gasteiger partial charge < -0.3 is 10.1 Å². The van der Waals surface area contributed by atoms with Gasteiger partial charge in [0, 0.05) is 29.8 Å². The monoisotopic (exact) mass is 667 g/mol. The van der Waals surface area contributed by atoms with Crippen molar-refractivity contribution in [3.05, 3.63) is 128 Å². The Kier molecular flexibility index (Phi) is 9.40. The van der Waals surface area contributed by atoms with Crippen molar-refractivity contribution in [3.8, 4) is 11.4 Å². The van der Waals surface area contributed by atoms with Crippen molar-refractivity contribution in [2.24, 2.45) is 5.10 Å². The van der Waals surface area contributed by atoms with E-state index in [4.69, 9.17) is 9.84 Å². The first-order valence-corrected chi connectivity index (χ1v) is 16.4. The number of hydrazone groups is 1. The van der Waals surface area contributed by atoms with Gasteiger partial charge in [-0.05, 0) is 60.3 Å². The molecule has 47 heavy (non-hydrogen) atoms. The number of hydrogen-bond acceptors (Lipinski definition) is 10. The summed E-state index contributed by atoms with van der Waals surface area (Å²) in [6.45, 7) is 2.03. The maximum Gasteiger partial charge on any atom is 0.269 e. The predicted molar refractivity (Wildman–Crippen MR) is 179 cm³/mol. The summed E-state index contributed by atoms with van der Waals surface area (Å²) < 4.78 is 6.84. The fourth-order valence-corrected chi connectivity index (χ4v) is 6.61. The lowest BCUT2D eigenvalue weighted by molar-refractivity contribution is -0.384. The molecule has 1 atom stereocenters. The molecule has 1 N–H and O–H groups in total. The number of methoxy groups -OCH3 is 1. The van der Waals surface area contributed by atoms with Gasteiger partial charge in [-0.2, -0.15) is 5.10 Å². The number of carbonyl (C=O) groups is 2. The molecule has 1 unspecified atom stereocenters. The Balaban J connectivity index is 1.24. The number of carbonyl (C=O) groups excluding carboxylic acids is 2. The number of nitro benzene ring substituents is 1. The molecule has 0 saturated heterocycles. The van der Waals surface area contributed by atoms with Crippen molar-refractivity contribution in [2.45, 2.75) is 31.1 Å². The zero-order valence-corrected chi connectivity index (χ0v) is 27.0. The summed E-state index contributed by atoms with van der Waals surface area (Å²) in [7, 11) is 1.55. The van der Waals surface area contributed by atoms with Crippen LogP contribution in [-0.2, 0) is 11.3 Å². The third kappa shape index (κ3) is 7.08. The van der Waals surface area contributed by atoms with Gasteiger partial charge in [0.15, 0.2) is 11.0 Å². The molecule has 0 spiro atoms. The second kappa shape index (κ2) is 14.0. The van der Waals surface area contributed by atoms with Gasteiger partial charge in [0.1, 0.15) is 5.75 Å². The van der Waals surface area contributed by atoms with Crippen LogP contribution in [0.15, 0.2) is 101 Å². The number of nitrogens with zero attached hydrogens (tertiary/aromatic N) is 6. The molecule has 2 amide bonds. The number of non-ortho nitro benzene ring substituents is 1. The van der Waals surface area contributed by atoms with Crippen LogP contribution in [0.4, 0.5) is 5.69 Å². The standard InChI is InChI=1S/C33H29N7O5S2/c1-21-5-7-22(8-6-21)28-18-27(29-4-3-17-46-29)37-39(28)31(41)20-47-33-36-35-30(38(33)24-11-13-25(14-12-24)40(43)44)19-34-32(42)23-9-15-26(45-2)16-10-23/h3-17,28H,18-20H2,1-2H3,(H,34,42). The van der Waals surface area contributed by atoms with E-state index in [1.165, 1.54) is 23.9 Å². The fraction of sp³-hybridized carbons (Fsp3) is 0.182.